The summed E-state index contributed by atoms with van der Waals surface area (Å²) in [6.45, 7) is 2.09. The first-order valence-electron chi connectivity index (χ1n) is 5.82. The summed E-state index contributed by atoms with van der Waals surface area (Å²) in [4.78, 5) is 1.33. The maximum atomic E-state index is 5.24. The molecule has 90 valence electrons. The molecule has 1 aliphatic rings. The molecular weight excluding hydrogens is 286 g/mol. The predicted molar refractivity (Wildman–Crippen MR) is 72.2 cm³/mol. The Balaban J connectivity index is 1.63. The van der Waals surface area contributed by atoms with Gasteiger partial charge in [-0.2, -0.15) is 0 Å². The van der Waals surface area contributed by atoms with Crippen molar-refractivity contribution in [1.82, 2.24) is 5.32 Å². The van der Waals surface area contributed by atoms with E-state index in [1.54, 1.807) is 18.4 Å². The van der Waals surface area contributed by atoms with E-state index in [0.29, 0.717) is 0 Å². The maximum Gasteiger partial charge on any atom is 0.188 e. The molecular formula is C12H18BrNOS. The van der Waals surface area contributed by atoms with Gasteiger partial charge < -0.3 is 10.1 Å². The second kappa shape index (κ2) is 6.03. The normalized spacial score (nSPS) is 15.4. The topological polar surface area (TPSA) is 21.3 Å². The molecule has 0 radical (unpaired) electrons. The van der Waals surface area contributed by atoms with Crippen LogP contribution in [0.25, 0.3) is 0 Å². The van der Waals surface area contributed by atoms with Crippen LogP contribution in [0.5, 0.6) is 5.06 Å². The van der Waals surface area contributed by atoms with Crippen molar-refractivity contribution in [3.8, 4) is 5.06 Å². The van der Waals surface area contributed by atoms with Crippen LogP contribution in [0.4, 0.5) is 0 Å². The van der Waals surface area contributed by atoms with E-state index in [1.807, 2.05) is 0 Å². The van der Waals surface area contributed by atoms with Gasteiger partial charge in [0, 0.05) is 11.4 Å². The Labute approximate surface area is 110 Å². The van der Waals surface area contributed by atoms with Gasteiger partial charge in [0.15, 0.2) is 5.06 Å². The van der Waals surface area contributed by atoms with Crippen molar-refractivity contribution in [2.75, 3.05) is 13.7 Å². The highest BCUT2D eigenvalue weighted by molar-refractivity contribution is 9.10. The number of thiophene rings is 1. The van der Waals surface area contributed by atoms with Crippen molar-refractivity contribution in [2.45, 2.75) is 32.2 Å². The second-order valence-corrected chi connectivity index (χ2v) is 6.27. The fraction of sp³-hybridized carbons (Fsp3) is 0.667. The van der Waals surface area contributed by atoms with Crippen LogP contribution in [0.3, 0.4) is 0 Å². The van der Waals surface area contributed by atoms with E-state index in [-0.39, 0.29) is 0 Å². The minimum Gasteiger partial charge on any atom is -0.486 e. The van der Waals surface area contributed by atoms with Gasteiger partial charge in [0.25, 0.3) is 0 Å². The lowest BCUT2D eigenvalue weighted by atomic mass is 10.2. The molecule has 0 atom stereocenters. The number of hydrogen-bond donors (Lipinski definition) is 1. The van der Waals surface area contributed by atoms with Crippen LogP contribution in [0.2, 0.25) is 0 Å². The molecule has 1 aliphatic carbocycles. The van der Waals surface area contributed by atoms with Gasteiger partial charge in [0.1, 0.15) is 0 Å². The summed E-state index contributed by atoms with van der Waals surface area (Å²) < 4.78 is 6.30. The van der Waals surface area contributed by atoms with Crippen LogP contribution in [0.1, 0.15) is 30.6 Å². The average molecular weight is 304 g/mol. The van der Waals surface area contributed by atoms with E-state index in [0.717, 1.165) is 28.5 Å². The first-order valence-corrected chi connectivity index (χ1v) is 7.43. The van der Waals surface area contributed by atoms with Gasteiger partial charge in [0.05, 0.1) is 11.6 Å². The molecule has 0 aromatic carbocycles. The zero-order valence-electron chi connectivity index (χ0n) is 9.59. The Morgan fingerprint density at radius 3 is 3.00 bits per heavy atom. The van der Waals surface area contributed by atoms with E-state index in [1.165, 1.54) is 30.6 Å². The Morgan fingerprint density at radius 2 is 2.38 bits per heavy atom. The molecule has 1 aromatic heterocycles. The monoisotopic (exact) mass is 303 g/mol. The van der Waals surface area contributed by atoms with Crippen LogP contribution >= 0.6 is 27.3 Å². The van der Waals surface area contributed by atoms with Gasteiger partial charge in [-0.25, -0.2) is 0 Å². The molecule has 0 unspecified atom stereocenters. The predicted octanol–water partition coefficient (Wildman–Crippen LogP) is 3.80. The van der Waals surface area contributed by atoms with Crippen LogP contribution in [-0.4, -0.2) is 13.7 Å². The summed E-state index contributed by atoms with van der Waals surface area (Å²) in [5, 5.41) is 4.45. The third kappa shape index (κ3) is 3.75. The number of ether oxygens (including phenoxy) is 1. The van der Waals surface area contributed by atoms with Gasteiger partial charge in [-0.05, 0) is 47.3 Å². The van der Waals surface area contributed by atoms with Crippen molar-refractivity contribution in [3.05, 3.63) is 15.4 Å². The van der Waals surface area contributed by atoms with E-state index < -0.39 is 0 Å². The molecule has 16 heavy (non-hydrogen) atoms. The number of halogens is 1. The first-order chi connectivity index (χ1) is 7.79. The lowest BCUT2D eigenvalue weighted by Crippen LogP contribution is -2.13. The molecule has 0 saturated heterocycles. The second-order valence-electron chi connectivity index (χ2n) is 4.31. The van der Waals surface area contributed by atoms with Gasteiger partial charge in [0.2, 0.25) is 0 Å². The van der Waals surface area contributed by atoms with Gasteiger partial charge in [-0.15, -0.1) is 11.3 Å². The Hall–Kier alpha value is -0.0600. The SMILES string of the molecule is COc1sc(CNCCCC2CC2)cc1Br. The molecule has 2 nitrogen and oxygen atoms in total. The van der Waals surface area contributed by atoms with Gasteiger partial charge >= 0.3 is 0 Å². The first kappa shape index (κ1) is 12.4. The summed E-state index contributed by atoms with van der Waals surface area (Å²) >= 11 is 5.19. The third-order valence-electron chi connectivity index (χ3n) is 2.85. The average Bonchev–Trinajstić information content (AvgIpc) is 3.02. The van der Waals surface area contributed by atoms with E-state index >= 15 is 0 Å². The molecule has 1 N–H and O–H groups in total. The Kier molecular flexibility index (Phi) is 4.67. The zero-order valence-corrected chi connectivity index (χ0v) is 12.0. The van der Waals surface area contributed by atoms with E-state index in [4.69, 9.17) is 4.74 Å². The number of methoxy groups -OCH3 is 1. The largest absolute Gasteiger partial charge is 0.486 e. The molecule has 0 amide bonds. The molecule has 2 rings (SSSR count). The van der Waals surface area contributed by atoms with Crippen molar-refractivity contribution >= 4 is 27.3 Å². The quantitative estimate of drug-likeness (QED) is 0.774. The Bertz CT molecular complexity index is 336. The smallest absolute Gasteiger partial charge is 0.188 e. The van der Waals surface area contributed by atoms with E-state index in [9.17, 15) is 0 Å². The van der Waals surface area contributed by atoms with Crippen molar-refractivity contribution in [1.29, 1.82) is 0 Å². The van der Waals surface area contributed by atoms with Crippen molar-refractivity contribution in [2.24, 2.45) is 5.92 Å². The highest BCUT2D eigenvalue weighted by Gasteiger charge is 2.19. The minimum absolute atomic E-state index is 0.956. The Morgan fingerprint density at radius 1 is 1.56 bits per heavy atom. The molecule has 4 heteroatoms. The molecule has 0 aliphatic heterocycles. The number of rotatable bonds is 7. The lowest BCUT2D eigenvalue weighted by molar-refractivity contribution is 0.425. The molecule has 1 fully saturated rings. The van der Waals surface area contributed by atoms with Crippen LogP contribution in [-0.2, 0) is 6.54 Å². The fourth-order valence-corrected chi connectivity index (χ4v) is 3.42. The standard InChI is InChI=1S/C12H18BrNOS/c1-15-12-11(13)7-10(16-12)8-14-6-2-3-9-4-5-9/h7,9,14H,2-6,8H2,1H3. The van der Waals surface area contributed by atoms with Gasteiger partial charge in [-0.3, -0.25) is 0 Å². The summed E-state index contributed by atoms with van der Waals surface area (Å²) in [5.74, 6) is 1.05. The summed E-state index contributed by atoms with van der Waals surface area (Å²) in [5.41, 5.74) is 0. The number of nitrogens with one attached hydrogen (secondary N) is 1. The summed E-state index contributed by atoms with van der Waals surface area (Å²) in [7, 11) is 1.71. The van der Waals surface area contributed by atoms with Crippen molar-refractivity contribution in [3.63, 3.8) is 0 Å². The van der Waals surface area contributed by atoms with E-state index in [2.05, 4.69) is 27.3 Å². The molecule has 0 bridgehead atoms. The highest BCUT2D eigenvalue weighted by Crippen LogP contribution is 2.35. The maximum absolute atomic E-state index is 5.24. The minimum atomic E-state index is 0.956. The highest BCUT2D eigenvalue weighted by atomic mass is 79.9. The summed E-state index contributed by atoms with van der Waals surface area (Å²) in [6, 6.07) is 2.14. The lowest BCUT2D eigenvalue weighted by Gasteiger charge is -2.01. The molecule has 1 saturated carbocycles. The summed E-state index contributed by atoms with van der Waals surface area (Å²) in [6.07, 6.45) is 5.66. The molecule has 0 spiro atoms. The molecule has 1 aromatic rings. The zero-order chi connectivity index (χ0) is 11.4. The number of hydrogen-bond acceptors (Lipinski definition) is 3. The van der Waals surface area contributed by atoms with Crippen LogP contribution in [0, 0.1) is 5.92 Å². The van der Waals surface area contributed by atoms with Gasteiger partial charge in [-0.1, -0.05) is 12.8 Å². The third-order valence-corrected chi connectivity index (χ3v) is 4.80. The molecule has 1 heterocycles. The fourth-order valence-electron chi connectivity index (χ4n) is 1.76. The van der Waals surface area contributed by atoms with Crippen LogP contribution < -0.4 is 10.1 Å². The van der Waals surface area contributed by atoms with Crippen LogP contribution in [0.15, 0.2) is 10.5 Å². The van der Waals surface area contributed by atoms with Crippen molar-refractivity contribution < 1.29 is 4.74 Å².